The lowest BCUT2D eigenvalue weighted by Crippen LogP contribution is -2.26. The van der Waals surface area contributed by atoms with Gasteiger partial charge >= 0.3 is 0 Å². The summed E-state index contributed by atoms with van der Waals surface area (Å²) in [5.41, 5.74) is 4.82. The highest BCUT2D eigenvalue weighted by atomic mass is 28.3. The molecule has 0 amide bonds. The smallest absolute Gasteiger partial charge is 0.123 e. The largest absolute Gasteiger partial charge is 0.507 e. The predicted octanol–water partition coefficient (Wildman–Crippen LogP) is 5.19. The van der Waals surface area contributed by atoms with Crippen LogP contribution in [-0.4, -0.2) is 13.2 Å². The van der Waals surface area contributed by atoms with Crippen LogP contribution >= 0.6 is 0 Å². The van der Waals surface area contributed by atoms with E-state index in [2.05, 4.69) is 56.9 Å². The van der Waals surface area contributed by atoms with Gasteiger partial charge in [0.15, 0.2) is 0 Å². The maximum absolute atomic E-state index is 10.4. The minimum absolute atomic E-state index is 0.397. The Balaban J connectivity index is 2.36. The Morgan fingerprint density at radius 2 is 1.57 bits per heavy atom. The second-order valence-electron chi connectivity index (χ2n) is 6.87. The van der Waals surface area contributed by atoms with Crippen molar-refractivity contribution in [3.63, 3.8) is 0 Å². The molecule has 21 heavy (non-hydrogen) atoms. The van der Waals surface area contributed by atoms with Crippen LogP contribution in [0.5, 0.6) is 5.75 Å². The van der Waals surface area contributed by atoms with E-state index in [1.54, 1.807) is 5.20 Å². The number of phenols is 1. The average molecular weight is 294 g/mol. The van der Waals surface area contributed by atoms with Gasteiger partial charge in [0.2, 0.25) is 0 Å². The lowest BCUT2D eigenvalue weighted by atomic mass is 9.97. The van der Waals surface area contributed by atoms with Gasteiger partial charge < -0.3 is 5.11 Å². The normalized spacial score (nSPS) is 18.0. The van der Waals surface area contributed by atoms with Crippen LogP contribution in [-0.2, 0) is 0 Å². The molecule has 0 radical (unpaired) electrons. The highest BCUT2D eigenvalue weighted by Gasteiger charge is 2.37. The van der Waals surface area contributed by atoms with Gasteiger partial charge in [0.25, 0.3) is 0 Å². The molecule has 1 aliphatic rings. The standard InChI is InChI=1S/C19H22OSi/c1-13-15-11-8-12-16(20)18(15)17(19(13)21(2,3)4)14-9-6-5-7-10-14/h5-13,20H,1-4H3. The molecule has 2 aromatic carbocycles. The van der Waals surface area contributed by atoms with Gasteiger partial charge in [0.05, 0.1) is 8.07 Å². The second-order valence-corrected chi connectivity index (χ2v) is 11.9. The molecule has 3 rings (SSSR count). The van der Waals surface area contributed by atoms with E-state index < -0.39 is 8.07 Å². The zero-order chi connectivity index (χ0) is 15.2. The fourth-order valence-corrected chi connectivity index (χ4v) is 6.10. The molecule has 108 valence electrons. The van der Waals surface area contributed by atoms with Crippen molar-refractivity contribution in [3.8, 4) is 5.75 Å². The van der Waals surface area contributed by atoms with E-state index in [1.165, 1.54) is 16.7 Å². The zero-order valence-electron chi connectivity index (χ0n) is 13.1. The summed E-state index contributed by atoms with van der Waals surface area (Å²) < 4.78 is 0. The van der Waals surface area contributed by atoms with Crippen LogP contribution < -0.4 is 0 Å². The molecule has 0 fully saturated rings. The van der Waals surface area contributed by atoms with Crippen LogP contribution in [0.25, 0.3) is 5.57 Å². The van der Waals surface area contributed by atoms with Crippen molar-refractivity contribution in [1.29, 1.82) is 0 Å². The Kier molecular flexibility index (Phi) is 3.29. The summed E-state index contributed by atoms with van der Waals surface area (Å²) in [7, 11) is -1.49. The van der Waals surface area contributed by atoms with Gasteiger partial charge in [-0.25, -0.2) is 0 Å². The van der Waals surface area contributed by atoms with E-state index >= 15 is 0 Å². The highest BCUT2D eigenvalue weighted by molar-refractivity contribution is 6.84. The maximum atomic E-state index is 10.4. The van der Waals surface area contributed by atoms with E-state index in [1.807, 2.05) is 18.2 Å². The third-order valence-corrected chi connectivity index (χ3v) is 6.66. The van der Waals surface area contributed by atoms with Crippen LogP contribution in [0.3, 0.4) is 0 Å². The molecule has 2 aromatic rings. The Morgan fingerprint density at radius 1 is 0.905 bits per heavy atom. The molecule has 0 saturated carbocycles. The minimum atomic E-state index is -1.49. The Labute approximate surface area is 128 Å². The highest BCUT2D eigenvalue weighted by Crippen LogP contribution is 2.50. The monoisotopic (exact) mass is 294 g/mol. The number of fused-ring (bicyclic) bond motifs is 1. The lowest BCUT2D eigenvalue weighted by molar-refractivity contribution is 0.473. The first kappa shape index (κ1) is 14.1. The van der Waals surface area contributed by atoms with Crippen molar-refractivity contribution in [2.24, 2.45) is 0 Å². The van der Waals surface area contributed by atoms with Crippen molar-refractivity contribution in [2.75, 3.05) is 0 Å². The fourth-order valence-electron chi connectivity index (χ4n) is 3.63. The van der Waals surface area contributed by atoms with E-state index in [9.17, 15) is 5.11 Å². The number of hydrogen-bond donors (Lipinski definition) is 1. The van der Waals surface area contributed by atoms with Gasteiger partial charge in [-0.05, 0) is 22.8 Å². The molecule has 0 aliphatic heterocycles. The molecule has 0 aromatic heterocycles. The SMILES string of the molecule is CC1C([Si](C)(C)C)=C(c2ccccc2)c2c(O)cccc21. The van der Waals surface area contributed by atoms with Crippen molar-refractivity contribution < 1.29 is 5.11 Å². The summed E-state index contributed by atoms with van der Waals surface area (Å²) in [6.45, 7) is 9.46. The van der Waals surface area contributed by atoms with Gasteiger partial charge in [0, 0.05) is 11.5 Å². The third-order valence-electron chi connectivity index (χ3n) is 4.36. The van der Waals surface area contributed by atoms with Crippen LogP contribution in [0.15, 0.2) is 53.7 Å². The molecule has 1 nitrogen and oxygen atoms in total. The molecular formula is C19H22OSi. The number of phenolic OH excluding ortho intramolecular Hbond substituents is 1. The van der Waals surface area contributed by atoms with Crippen molar-refractivity contribution in [3.05, 3.63) is 70.4 Å². The summed E-state index contributed by atoms with van der Waals surface area (Å²) in [5, 5.41) is 12.0. The first-order chi connectivity index (χ1) is 9.91. The van der Waals surface area contributed by atoms with E-state index in [0.29, 0.717) is 11.7 Å². The lowest BCUT2D eigenvalue weighted by Gasteiger charge is -2.25. The van der Waals surface area contributed by atoms with E-state index in [4.69, 9.17) is 0 Å². The van der Waals surface area contributed by atoms with Gasteiger partial charge in [-0.1, -0.05) is 74.2 Å². The molecule has 0 bridgehead atoms. The van der Waals surface area contributed by atoms with Crippen LogP contribution in [0.4, 0.5) is 0 Å². The topological polar surface area (TPSA) is 20.2 Å². The summed E-state index contributed by atoms with van der Waals surface area (Å²) in [6, 6.07) is 16.4. The van der Waals surface area contributed by atoms with Crippen LogP contribution in [0, 0.1) is 0 Å². The van der Waals surface area contributed by atoms with E-state index in [0.717, 1.165) is 5.56 Å². The molecule has 1 aliphatic carbocycles. The number of aromatic hydroxyl groups is 1. The summed E-state index contributed by atoms with van der Waals surface area (Å²) in [6.07, 6.45) is 0. The average Bonchev–Trinajstić information content (AvgIpc) is 2.75. The third kappa shape index (κ3) is 2.24. The second kappa shape index (κ2) is 4.88. The predicted molar refractivity (Wildman–Crippen MR) is 92.3 cm³/mol. The number of rotatable bonds is 2. The van der Waals surface area contributed by atoms with E-state index in [-0.39, 0.29) is 0 Å². The van der Waals surface area contributed by atoms with Gasteiger partial charge in [-0.3, -0.25) is 0 Å². The molecule has 0 saturated heterocycles. The quantitative estimate of drug-likeness (QED) is 0.756. The maximum Gasteiger partial charge on any atom is 0.123 e. The van der Waals surface area contributed by atoms with Gasteiger partial charge in [-0.2, -0.15) is 0 Å². The molecule has 1 atom stereocenters. The molecule has 0 heterocycles. The zero-order valence-corrected chi connectivity index (χ0v) is 14.1. The Hall–Kier alpha value is -1.80. The molecular weight excluding hydrogens is 272 g/mol. The molecule has 1 unspecified atom stereocenters. The molecule has 1 N–H and O–H groups in total. The fraction of sp³-hybridized carbons (Fsp3) is 0.263. The first-order valence-electron chi connectivity index (χ1n) is 7.53. The number of benzene rings is 2. The van der Waals surface area contributed by atoms with Gasteiger partial charge in [0.1, 0.15) is 5.75 Å². The molecule has 2 heteroatoms. The summed E-state index contributed by atoms with van der Waals surface area (Å²) in [4.78, 5) is 0. The number of hydrogen-bond acceptors (Lipinski definition) is 1. The van der Waals surface area contributed by atoms with Crippen molar-refractivity contribution in [1.82, 2.24) is 0 Å². The van der Waals surface area contributed by atoms with Crippen molar-refractivity contribution >= 4 is 13.6 Å². The summed E-state index contributed by atoms with van der Waals surface area (Å²) >= 11 is 0. The Bertz CT molecular complexity index is 708. The molecule has 0 spiro atoms. The van der Waals surface area contributed by atoms with Crippen molar-refractivity contribution in [2.45, 2.75) is 32.5 Å². The van der Waals surface area contributed by atoms with Gasteiger partial charge in [-0.15, -0.1) is 0 Å². The first-order valence-corrected chi connectivity index (χ1v) is 11.0. The van der Waals surface area contributed by atoms with Crippen LogP contribution in [0.1, 0.15) is 29.5 Å². The Morgan fingerprint density at radius 3 is 2.19 bits per heavy atom. The number of allylic oxidation sites excluding steroid dienone is 1. The summed E-state index contributed by atoms with van der Waals surface area (Å²) in [5.74, 6) is 0.806. The van der Waals surface area contributed by atoms with Crippen LogP contribution in [0.2, 0.25) is 19.6 Å². The minimum Gasteiger partial charge on any atom is -0.507 e.